The molecule has 0 unspecified atom stereocenters. The predicted molar refractivity (Wildman–Crippen MR) is 120 cm³/mol. The molecule has 0 aliphatic rings. The first-order valence-corrected chi connectivity index (χ1v) is 10.4. The Labute approximate surface area is 182 Å². The van der Waals surface area contributed by atoms with Crippen LogP contribution in [-0.4, -0.2) is 6.61 Å². The third-order valence-electron chi connectivity index (χ3n) is 4.46. The Morgan fingerprint density at radius 3 is 2.31 bits per heavy atom. The summed E-state index contributed by atoms with van der Waals surface area (Å²) < 4.78 is 11.7. The molecule has 0 atom stereocenters. The minimum Gasteiger partial charge on any atom is -0.490 e. The number of rotatable bonds is 9. The minimum atomic E-state index is 0.391. The highest BCUT2D eigenvalue weighted by Gasteiger charge is 2.12. The minimum absolute atomic E-state index is 0.391. The summed E-state index contributed by atoms with van der Waals surface area (Å²) >= 11 is 12.6. The molecule has 29 heavy (non-hydrogen) atoms. The third-order valence-corrected chi connectivity index (χ3v) is 5.05. The van der Waals surface area contributed by atoms with E-state index in [0.29, 0.717) is 41.3 Å². The van der Waals surface area contributed by atoms with Gasteiger partial charge in [-0.1, -0.05) is 65.2 Å². The average molecular weight is 430 g/mol. The molecule has 0 heterocycles. The zero-order valence-electron chi connectivity index (χ0n) is 16.7. The van der Waals surface area contributed by atoms with Crippen molar-refractivity contribution in [1.82, 2.24) is 5.32 Å². The zero-order valence-corrected chi connectivity index (χ0v) is 18.2. The molecule has 0 aromatic heterocycles. The van der Waals surface area contributed by atoms with Crippen LogP contribution in [0.4, 0.5) is 0 Å². The second-order valence-corrected chi connectivity index (χ2v) is 7.67. The van der Waals surface area contributed by atoms with Gasteiger partial charge in [-0.25, -0.2) is 0 Å². The van der Waals surface area contributed by atoms with Gasteiger partial charge in [-0.15, -0.1) is 0 Å². The van der Waals surface area contributed by atoms with E-state index in [9.17, 15) is 0 Å². The van der Waals surface area contributed by atoms with Crippen molar-refractivity contribution in [2.45, 2.75) is 33.5 Å². The molecule has 0 fully saturated rings. The summed E-state index contributed by atoms with van der Waals surface area (Å²) in [6.45, 7) is 6.38. The average Bonchev–Trinajstić information content (AvgIpc) is 2.70. The largest absolute Gasteiger partial charge is 0.490 e. The van der Waals surface area contributed by atoms with Crippen LogP contribution in [0.2, 0.25) is 10.0 Å². The number of nitrogens with one attached hydrogen (secondary N) is 1. The number of hydrogen-bond acceptors (Lipinski definition) is 3. The molecule has 152 valence electrons. The number of aryl methyl sites for hydroxylation is 1. The van der Waals surface area contributed by atoms with Gasteiger partial charge in [0.15, 0.2) is 11.5 Å². The van der Waals surface area contributed by atoms with Gasteiger partial charge in [0.25, 0.3) is 0 Å². The zero-order chi connectivity index (χ0) is 20.6. The van der Waals surface area contributed by atoms with Gasteiger partial charge in [-0.05, 0) is 48.7 Å². The Bertz CT molecular complexity index is 942. The van der Waals surface area contributed by atoms with E-state index in [0.717, 1.165) is 17.7 Å². The van der Waals surface area contributed by atoms with E-state index >= 15 is 0 Å². The van der Waals surface area contributed by atoms with Crippen LogP contribution in [0.3, 0.4) is 0 Å². The molecule has 0 spiro atoms. The summed E-state index contributed by atoms with van der Waals surface area (Å²) in [6.07, 6.45) is 0. The van der Waals surface area contributed by atoms with Gasteiger partial charge in [0.05, 0.1) is 6.61 Å². The standard InChI is InChI=1S/C24H25Cl2NO2/c1-3-28-23-12-20(15-27-14-18-9-7-17(2)8-10-18)22(26)13-24(23)29-16-19-5-4-6-21(25)11-19/h4-13,27H,3,14-16H2,1-2H3. The normalized spacial score (nSPS) is 10.8. The molecular formula is C24H25Cl2NO2. The Kier molecular flexibility index (Phi) is 7.82. The van der Waals surface area contributed by atoms with Crippen LogP contribution in [0, 0.1) is 6.92 Å². The number of halogens is 2. The van der Waals surface area contributed by atoms with Gasteiger partial charge in [-0.2, -0.15) is 0 Å². The van der Waals surface area contributed by atoms with Crippen molar-refractivity contribution in [3.8, 4) is 11.5 Å². The summed E-state index contributed by atoms with van der Waals surface area (Å²) in [7, 11) is 0. The van der Waals surface area contributed by atoms with Crippen LogP contribution >= 0.6 is 23.2 Å². The Hall–Kier alpha value is -2.20. The maximum Gasteiger partial charge on any atom is 0.163 e. The maximum atomic E-state index is 6.51. The van der Waals surface area contributed by atoms with E-state index in [1.807, 2.05) is 43.3 Å². The Morgan fingerprint density at radius 2 is 1.59 bits per heavy atom. The molecule has 0 saturated carbocycles. The number of benzene rings is 3. The number of ether oxygens (including phenoxy) is 2. The van der Waals surface area contributed by atoms with Crippen molar-refractivity contribution in [2.75, 3.05) is 6.61 Å². The Balaban J connectivity index is 1.67. The summed E-state index contributed by atoms with van der Waals surface area (Å²) in [4.78, 5) is 0. The van der Waals surface area contributed by atoms with E-state index < -0.39 is 0 Å². The summed E-state index contributed by atoms with van der Waals surface area (Å²) in [5, 5.41) is 4.76. The van der Waals surface area contributed by atoms with E-state index in [4.69, 9.17) is 32.7 Å². The van der Waals surface area contributed by atoms with Crippen molar-refractivity contribution in [2.24, 2.45) is 0 Å². The van der Waals surface area contributed by atoms with Crippen LogP contribution in [0.1, 0.15) is 29.2 Å². The summed E-state index contributed by atoms with van der Waals surface area (Å²) in [5.41, 5.74) is 4.45. The fraction of sp³-hybridized carbons (Fsp3) is 0.250. The second-order valence-electron chi connectivity index (χ2n) is 6.83. The molecule has 0 amide bonds. The second kappa shape index (κ2) is 10.5. The molecule has 3 aromatic carbocycles. The molecule has 0 aliphatic carbocycles. The van der Waals surface area contributed by atoms with Gasteiger partial charge in [-0.3, -0.25) is 0 Å². The molecule has 3 nitrogen and oxygen atoms in total. The third kappa shape index (κ3) is 6.40. The van der Waals surface area contributed by atoms with Crippen molar-refractivity contribution in [3.05, 3.63) is 93.0 Å². The number of hydrogen-bond donors (Lipinski definition) is 1. The van der Waals surface area contributed by atoms with E-state index in [-0.39, 0.29) is 0 Å². The smallest absolute Gasteiger partial charge is 0.163 e. The highest BCUT2D eigenvalue weighted by molar-refractivity contribution is 6.31. The maximum absolute atomic E-state index is 6.51. The Morgan fingerprint density at radius 1 is 0.828 bits per heavy atom. The van der Waals surface area contributed by atoms with Crippen molar-refractivity contribution >= 4 is 23.2 Å². The van der Waals surface area contributed by atoms with Gasteiger partial charge in [0.1, 0.15) is 6.61 Å². The summed E-state index contributed by atoms with van der Waals surface area (Å²) in [6, 6.07) is 19.8. The van der Waals surface area contributed by atoms with Crippen molar-refractivity contribution in [3.63, 3.8) is 0 Å². The van der Waals surface area contributed by atoms with Gasteiger partial charge < -0.3 is 14.8 Å². The molecule has 1 N–H and O–H groups in total. The van der Waals surface area contributed by atoms with Gasteiger partial charge in [0.2, 0.25) is 0 Å². The summed E-state index contributed by atoms with van der Waals surface area (Å²) in [5.74, 6) is 1.31. The molecular weight excluding hydrogens is 405 g/mol. The van der Waals surface area contributed by atoms with E-state index in [2.05, 4.69) is 36.5 Å². The van der Waals surface area contributed by atoms with Crippen LogP contribution in [-0.2, 0) is 19.7 Å². The molecule has 3 rings (SSSR count). The fourth-order valence-corrected chi connectivity index (χ4v) is 3.36. The predicted octanol–water partition coefficient (Wildman–Crippen LogP) is 6.57. The molecule has 0 aliphatic heterocycles. The van der Waals surface area contributed by atoms with Gasteiger partial charge in [0, 0.05) is 29.2 Å². The molecule has 3 aromatic rings. The van der Waals surface area contributed by atoms with Crippen LogP contribution in [0.5, 0.6) is 11.5 Å². The SMILES string of the molecule is CCOc1cc(CNCc2ccc(C)cc2)c(Cl)cc1OCc1cccc(Cl)c1. The highest BCUT2D eigenvalue weighted by atomic mass is 35.5. The first kappa shape index (κ1) is 21.5. The van der Waals surface area contributed by atoms with E-state index in [1.54, 1.807) is 0 Å². The van der Waals surface area contributed by atoms with Crippen molar-refractivity contribution < 1.29 is 9.47 Å². The lowest BCUT2D eigenvalue weighted by molar-refractivity contribution is 0.269. The monoisotopic (exact) mass is 429 g/mol. The first-order valence-electron chi connectivity index (χ1n) is 9.64. The molecule has 5 heteroatoms. The topological polar surface area (TPSA) is 30.5 Å². The van der Waals surface area contributed by atoms with Crippen LogP contribution in [0.15, 0.2) is 60.7 Å². The van der Waals surface area contributed by atoms with Crippen LogP contribution < -0.4 is 14.8 Å². The fourth-order valence-electron chi connectivity index (χ4n) is 2.93. The molecule has 0 radical (unpaired) electrons. The van der Waals surface area contributed by atoms with Gasteiger partial charge >= 0.3 is 0 Å². The lowest BCUT2D eigenvalue weighted by Gasteiger charge is -2.15. The van der Waals surface area contributed by atoms with Crippen LogP contribution in [0.25, 0.3) is 0 Å². The quantitative estimate of drug-likeness (QED) is 0.417. The van der Waals surface area contributed by atoms with E-state index in [1.165, 1.54) is 11.1 Å². The lowest BCUT2D eigenvalue weighted by atomic mass is 10.1. The van der Waals surface area contributed by atoms with Crippen molar-refractivity contribution in [1.29, 1.82) is 0 Å². The molecule has 0 bridgehead atoms. The molecule has 0 saturated heterocycles. The lowest BCUT2D eigenvalue weighted by Crippen LogP contribution is -2.13. The first-order chi connectivity index (χ1) is 14.0. The highest BCUT2D eigenvalue weighted by Crippen LogP contribution is 2.34.